The molecule has 0 aliphatic carbocycles. The number of nitrogens with one attached hydrogen (secondary N) is 1. The molecule has 0 saturated carbocycles. The Bertz CT molecular complexity index is 127. The normalized spacial score (nSPS) is 8.71. The van der Waals surface area contributed by atoms with Gasteiger partial charge in [0.05, 0.1) is 0 Å². The number of anilines is 1. The molecule has 0 aliphatic heterocycles. The molecule has 0 amide bonds. The highest BCUT2D eigenvalue weighted by atomic mass is 79.9. The summed E-state index contributed by atoms with van der Waals surface area (Å²) in [5.41, 5.74) is 0. The van der Waals surface area contributed by atoms with Crippen LogP contribution in [0.5, 0.6) is 0 Å². The van der Waals surface area contributed by atoms with Gasteiger partial charge in [0.1, 0.15) is 0 Å². The van der Waals surface area contributed by atoms with Crippen LogP contribution < -0.4 is 4.34 Å². The Balaban J connectivity index is 2.76. The van der Waals surface area contributed by atoms with Crippen LogP contribution in [0.25, 0.3) is 0 Å². The number of nitrogens with zero attached hydrogens (tertiary/aromatic N) is 1. The van der Waals surface area contributed by atoms with Crippen LogP contribution in [-0.2, 0) is 0 Å². The van der Waals surface area contributed by atoms with Crippen LogP contribution >= 0.6 is 27.5 Å². The summed E-state index contributed by atoms with van der Waals surface area (Å²) >= 11 is 4.59. The first-order chi connectivity index (χ1) is 3.43. The second kappa shape index (κ2) is 2.28. The van der Waals surface area contributed by atoms with E-state index in [0.29, 0.717) is 0 Å². The quantitative estimate of drug-likeness (QED) is 0.665. The zero-order valence-electron chi connectivity index (χ0n) is 3.39. The molecule has 1 aromatic heterocycles. The fourth-order valence-corrected chi connectivity index (χ4v) is 1.07. The van der Waals surface area contributed by atoms with Gasteiger partial charge in [0.2, 0.25) is 0 Å². The summed E-state index contributed by atoms with van der Waals surface area (Å²) in [6.07, 6.45) is 1.74. The molecule has 38 valence electrons. The van der Waals surface area contributed by atoms with Crippen LogP contribution in [0, 0.1) is 0 Å². The first-order valence-electron chi connectivity index (χ1n) is 1.69. The third kappa shape index (κ3) is 1.14. The van der Waals surface area contributed by atoms with Gasteiger partial charge in [-0.15, -0.1) is 11.3 Å². The van der Waals surface area contributed by atoms with Crippen molar-refractivity contribution in [1.29, 1.82) is 0 Å². The third-order valence-corrected chi connectivity index (χ3v) is 1.84. The molecule has 1 aromatic rings. The van der Waals surface area contributed by atoms with Gasteiger partial charge in [-0.2, -0.15) is 0 Å². The molecular weight excluding hydrogens is 176 g/mol. The van der Waals surface area contributed by atoms with E-state index < -0.39 is 0 Å². The highest BCUT2D eigenvalue weighted by molar-refractivity contribution is 9.10. The van der Waals surface area contributed by atoms with E-state index in [0.717, 1.165) is 5.13 Å². The van der Waals surface area contributed by atoms with Gasteiger partial charge >= 0.3 is 0 Å². The molecule has 0 spiro atoms. The summed E-state index contributed by atoms with van der Waals surface area (Å²) < 4.78 is 2.73. The molecule has 7 heavy (non-hydrogen) atoms. The summed E-state index contributed by atoms with van der Waals surface area (Å²) in [6.45, 7) is 0. The highest BCUT2D eigenvalue weighted by Gasteiger charge is 1.84. The lowest BCUT2D eigenvalue weighted by atomic mass is 11.0. The smallest absolute Gasteiger partial charge is 0.192 e. The minimum atomic E-state index is 0.889. The molecule has 1 heterocycles. The number of halogens is 1. The predicted molar refractivity (Wildman–Crippen MR) is 34.7 cm³/mol. The van der Waals surface area contributed by atoms with Crippen LogP contribution in [-0.4, -0.2) is 4.98 Å². The maximum atomic E-state index is 3.90. The van der Waals surface area contributed by atoms with E-state index in [2.05, 4.69) is 25.5 Å². The van der Waals surface area contributed by atoms with E-state index in [1.165, 1.54) is 0 Å². The predicted octanol–water partition coefficient (Wildman–Crippen LogP) is 1.86. The lowest BCUT2D eigenvalue weighted by Crippen LogP contribution is -1.71. The van der Waals surface area contributed by atoms with Gasteiger partial charge in [-0.3, -0.25) is 4.34 Å². The average molecular weight is 179 g/mol. The van der Waals surface area contributed by atoms with Gasteiger partial charge < -0.3 is 0 Å². The first kappa shape index (κ1) is 5.05. The van der Waals surface area contributed by atoms with E-state index >= 15 is 0 Å². The number of hydrogen-bond donors (Lipinski definition) is 1. The van der Waals surface area contributed by atoms with Crippen molar-refractivity contribution < 1.29 is 0 Å². The second-order valence-electron chi connectivity index (χ2n) is 0.932. The average Bonchev–Trinajstić information content (AvgIpc) is 2.14. The Morgan fingerprint density at radius 1 is 1.86 bits per heavy atom. The van der Waals surface area contributed by atoms with Gasteiger partial charge in [0, 0.05) is 27.7 Å². The van der Waals surface area contributed by atoms with Gasteiger partial charge in [0.15, 0.2) is 5.13 Å². The molecule has 0 aliphatic rings. The van der Waals surface area contributed by atoms with E-state index in [4.69, 9.17) is 0 Å². The van der Waals surface area contributed by atoms with E-state index in [1.54, 1.807) is 17.5 Å². The topological polar surface area (TPSA) is 24.9 Å². The Morgan fingerprint density at radius 2 is 2.71 bits per heavy atom. The summed E-state index contributed by atoms with van der Waals surface area (Å²) in [7, 11) is 0. The molecule has 0 unspecified atom stereocenters. The third-order valence-electron chi connectivity index (χ3n) is 0.513. The number of hydrogen-bond acceptors (Lipinski definition) is 3. The fraction of sp³-hybridized carbons (Fsp3) is 0. The van der Waals surface area contributed by atoms with Crippen LogP contribution in [0.2, 0.25) is 0 Å². The molecule has 1 rings (SSSR count). The van der Waals surface area contributed by atoms with Gasteiger partial charge in [-0.25, -0.2) is 4.98 Å². The Labute approximate surface area is 53.9 Å². The van der Waals surface area contributed by atoms with E-state index in [9.17, 15) is 0 Å². The number of rotatable bonds is 1. The SMILES string of the molecule is BrNc1nccs1. The van der Waals surface area contributed by atoms with Crippen molar-refractivity contribution in [2.45, 2.75) is 0 Å². The van der Waals surface area contributed by atoms with Crippen molar-refractivity contribution in [2.75, 3.05) is 4.34 Å². The first-order valence-corrected chi connectivity index (χ1v) is 3.37. The number of thiazole rings is 1. The molecular formula is C3H3BrN2S. The van der Waals surface area contributed by atoms with E-state index in [-0.39, 0.29) is 0 Å². The molecule has 0 aromatic carbocycles. The second-order valence-corrected chi connectivity index (χ2v) is 2.22. The summed E-state index contributed by atoms with van der Waals surface area (Å²) in [4.78, 5) is 3.90. The van der Waals surface area contributed by atoms with Crippen LogP contribution in [0.15, 0.2) is 11.6 Å². The van der Waals surface area contributed by atoms with Crippen molar-refractivity contribution in [3.05, 3.63) is 11.6 Å². The standard InChI is InChI=1S/C3H3BrN2S/c4-6-3-5-1-2-7-3/h1-2H,(H,5,6). The van der Waals surface area contributed by atoms with E-state index in [1.807, 2.05) is 5.38 Å². The lowest BCUT2D eigenvalue weighted by molar-refractivity contribution is 1.43. The highest BCUT2D eigenvalue weighted by Crippen LogP contribution is 2.10. The van der Waals surface area contributed by atoms with Crippen LogP contribution in [0.4, 0.5) is 5.13 Å². The molecule has 0 atom stereocenters. The molecule has 0 radical (unpaired) electrons. The molecule has 1 N–H and O–H groups in total. The number of aromatic nitrogens is 1. The maximum Gasteiger partial charge on any atom is 0.192 e. The van der Waals surface area contributed by atoms with Crippen molar-refractivity contribution in [1.82, 2.24) is 4.98 Å². The maximum absolute atomic E-state index is 3.90. The van der Waals surface area contributed by atoms with Crippen LogP contribution in [0.3, 0.4) is 0 Å². The van der Waals surface area contributed by atoms with Crippen molar-refractivity contribution in [3.63, 3.8) is 0 Å². The van der Waals surface area contributed by atoms with Crippen molar-refractivity contribution in [2.24, 2.45) is 0 Å². The molecule has 0 fully saturated rings. The minimum absolute atomic E-state index is 0.889. The van der Waals surface area contributed by atoms with Crippen molar-refractivity contribution in [3.8, 4) is 0 Å². The monoisotopic (exact) mass is 178 g/mol. The van der Waals surface area contributed by atoms with Crippen LogP contribution in [0.1, 0.15) is 0 Å². The van der Waals surface area contributed by atoms with Crippen molar-refractivity contribution >= 4 is 32.6 Å². The summed E-state index contributed by atoms with van der Waals surface area (Å²) in [6, 6.07) is 0. The fourth-order valence-electron chi connectivity index (χ4n) is 0.270. The van der Waals surface area contributed by atoms with Gasteiger partial charge in [-0.05, 0) is 0 Å². The Morgan fingerprint density at radius 3 is 3.00 bits per heavy atom. The summed E-state index contributed by atoms with van der Waals surface area (Å²) in [5, 5.41) is 2.80. The molecule has 4 heteroatoms. The minimum Gasteiger partial charge on any atom is -0.298 e. The molecule has 0 bridgehead atoms. The van der Waals surface area contributed by atoms with Gasteiger partial charge in [0.25, 0.3) is 0 Å². The Hall–Kier alpha value is -0.0900. The Kier molecular flexibility index (Phi) is 1.64. The molecule has 0 saturated heterocycles. The lowest BCUT2D eigenvalue weighted by Gasteiger charge is -1.80. The molecule has 2 nitrogen and oxygen atoms in total. The largest absolute Gasteiger partial charge is 0.298 e. The zero-order chi connectivity index (χ0) is 5.11. The summed E-state index contributed by atoms with van der Waals surface area (Å²) in [5.74, 6) is 0. The van der Waals surface area contributed by atoms with Gasteiger partial charge in [-0.1, -0.05) is 0 Å². The zero-order valence-corrected chi connectivity index (χ0v) is 5.79.